The van der Waals surface area contributed by atoms with E-state index >= 15 is 0 Å². The molecular formula is C27H45NO4S2. The average molecular weight is 512 g/mol. The van der Waals surface area contributed by atoms with Crippen LogP contribution < -0.4 is 9.47 Å². The number of carbonyl (C=O) groups excluding carboxylic acids is 1. The van der Waals surface area contributed by atoms with Crippen molar-refractivity contribution in [2.45, 2.75) is 96.7 Å². The third kappa shape index (κ3) is 11.1. The summed E-state index contributed by atoms with van der Waals surface area (Å²) in [6.07, 6.45) is 13.3. The van der Waals surface area contributed by atoms with Crippen molar-refractivity contribution >= 4 is 28.2 Å². The lowest BCUT2D eigenvalue weighted by atomic mass is 10.1. The quantitative estimate of drug-likeness (QED) is 0.232. The number of ether oxygens (including phenoxy) is 2. The number of fused-ring (bicyclic) bond motifs is 1. The fourth-order valence-electron chi connectivity index (χ4n) is 4.19. The number of rotatable bonds is 11. The van der Waals surface area contributed by atoms with Gasteiger partial charge in [0, 0.05) is 19.5 Å². The molecule has 34 heavy (non-hydrogen) atoms. The van der Waals surface area contributed by atoms with Crippen LogP contribution >= 0.6 is 11.8 Å². The molecule has 0 aliphatic carbocycles. The van der Waals surface area contributed by atoms with Crippen LogP contribution in [-0.2, 0) is 17.6 Å². The minimum Gasteiger partial charge on any atom is -0.616 e. The predicted molar refractivity (Wildman–Crippen MR) is 146 cm³/mol. The smallest absolute Gasteiger partial charge is 0.281 e. The zero-order chi connectivity index (χ0) is 24.6. The van der Waals surface area contributed by atoms with E-state index in [1.165, 1.54) is 75.1 Å². The minimum absolute atomic E-state index is 0.191. The molecule has 7 heteroatoms. The monoisotopic (exact) mass is 511 g/mol. The third-order valence-corrected chi connectivity index (χ3v) is 8.79. The van der Waals surface area contributed by atoms with Gasteiger partial charge in [-0.25, -0.2) is 0 Å². The summed E-state index contributed by atoms with van der Waals surface area (Å²) in [7, 11) is 0. The van der Waals surface area contributed by atoms with Gasteiger partial charge in [0.2, 0.25) is 6.79 Å². The lowest BCUT2D eigenvalue weighted by Gasteiger charge is -2.18. The van der Waals surface area contributed by atoms with Crippen LogP contribution in [0.25, 0.3) is 0 Å². The molecule has 1 aromatic carbocycles. The molecule has 2 unspecified atom stereocenters. The molecule has 1 aromatic rings. The summed E-state index contributed by atoms with van der Waals surface area (Å²) < 4.78 is 23.0. The second-order valence-corrected chi connectivity index (χ2v) is 12.3. The second-order valence-electron chi connectivity index (χ2n) is 9.16. The lowest BCUT2D eigenvalue weighted by molar-refractivity contribution is 0.174. The molecule has 194 valence electrons. The van der Waals surface area contributed by atoms with Gasteiger partial charge >= 0.3 is 0 Å². The Morgan fingerprint density at radius 2 is 1.71 bits per heavy atom. The highest BCUT2D eigenvalue weighted by atomic mass is 32.2. The molecule has 1 amide bonds. The Balaban J connectivity index is 0.000000287. The van der Waals surface area contributed by atoms with Crippen LogP contribution in [0.4, 0.5) is 4.79 Å². The summed E-state index contributed by atoms with van der Waals surface area (Å²) in [6.45, 7) is 8.60. The first-order valence-electron chi connectivity index (χ1n) is 13.2. The number of amides is 1. The first kappa shape index (κ1) is 29.2. The van der Waals surface area contributed by atoms with Crippen molar-refractivity contribution < 1.29 is 18.8 Å². The van der Waals surface area contributed by atoms with E-state index in [4.69, 9.17) is 9.47 Å². The van der Waals surface area contributed by atoms with Crippen LogP contribution in [0.5, 0.6) is 11.5 Å². The van der Waals surface area contributed by atoms with Gasteiger partial charge in [0.25, 0.3) is 5.24 Å². The number of likely N-dealkylation sites (tertiary alicyclic amines) is 1. The largest absolute Gasteiger partial charge is 0.616 e. The first-order chi connectivity index (χ1) is 16.5. The maximum atomic E-state index is 12.3. The number of carbonyl (C=O) groups is 1. The van der Waals surface area contributed by atoms with E-state index in [2.05, 4.69) is 13.8 Å². The van der Waals surface area contributed by atoms with Crippen LogP contribution in [0.2, 0.25) is 0 Å². The van der Waals surface area contributed by atoms with Crippen molar-refractivity contribution in [3.63, 3.8) is 0 Å². The Labute approximate surface area is 214 Å². The molecule has 5 nitrogen and oxygen atoms in total. The molecule has 2 atom stereocenters. The van der Waals surface area contributed by atoms with Crippen molar-refractivity contribution in [1.29, 1.82) is 0 Å². The van der Waals surface area contributed by atoms with Crippen molar-refractivity contribution in [3.05, 3.63) is 23.8 Å². The fraction of sp³-hybridized carbons (Fsp3) is 0.741. The van der Waals surface area contributed by atoms with Crippen LogP contribution in [0.1, 0.15) is 90.5 Å². The Hall–Kier alpha value is -1.05. The van der Waals surface area contributed by atoms with Gasteiger partial charge in [-0.1, -0.05) is 81.4 Å². The molecular weight excluding hydrogens is 466 g/mol. The summed E-state index contributed by atoms with van der Waals surface area (Å²) in [5.41, 5.74) is 1.17. The lowest BCUT2D eigenvalue weighted by Crippen LogP contribution is -2.28. The molecule has 0 spiro atoms. The Kier molecular flexibility index (Phi) is 14.9. The SMILES string of the molecule is CCCCCCCC[S+]([O-])C(C)Cc1ccc2c(c1)OCO2.CCSC(=O)N1CCCCCC1. The van der Waals surface area contributed by atoms with E-state index in [-0.39, 0.29) is 10.5 Å². The zero-order valence-electron chi connectivity index (χ0n) is 21.5. The first-order valence-corrected chi connectivity index (χ1v) is 15.6. The number of hydrogen-bond donors (Lipinski definition) is 0. The molecule has 2 aliphatic rings. The summed E-state index contributed by atoms with van der Waals surface area (Å²) in [6, 6.07) is 6.01. The van der Waals surface area contributed by atoms with Gasteiger partial charge in [0.05, 0.1) is 0 Å². The average Bonchev–Trinajstić information content (AvgIpc) is 3.13. The van der Waals surface area contributed by atoms with Gasteiger partial charge in [-0.05, 0) is 56.1 Å². The molecule has 0 N–H and O–H groups in total. The highest BCUT2D eigenvalue weighted by Gasteiger charge is 2.20. The molecule has 1 fully saturated rings. The van der Waals surface area contributed by atoms with E-state index in [9.17, 15) is 9.35 Å². The van der Waals surface area contributed by atoms with Crippen molar-refractivity contribution in [2.75, 3.05) is 31.4 Å². The van der Waals surface area contributed by atoms with Crippen LogP contribution in [0.3, 0.4) is 0 Å². The second kappa shape index (κ2) is 17.4. The number of thioether (sulfide) groups is 1. The highest BCUT2D eigenvalue weighted by molar-refractivity contribution is 8.13. The molecule has 0 bridgehead atoms. The fourth-order valence-corrected chi connectivity index (χ4v) is 6.07. The van der Waals surface area contributed by atoms with Crippen LogP contribution in [0, 0.1) is 0 Å². The Morgan fingerprint density at radius 1 is 1.03 bits per heavy atom. The maximum absolute atomic E-state index is 12.3. The Bertz CT molecular complexity index is 695. The van der Waals surface area contributed by atoms with Gasteiger partial charge in [-0.15, -0.1) is 0 Å². The van der Waals surface area contributed by atoms with E-state index in [1.54, 1.807) is 0 Å². The van der Waals surface area contributed by atoms with Gasteiger partial charge in [-0.2, -0.15) is 0 Å². The maximum Gasteiger partial charge on any atom is 0.281 e. The van der Waals surface area contributed by atoms with Gasteiger partial charge < -0.3 is 18.9 Å². The Morgan fingerprint density at radius 3 is 2.41 bits per heavy atom. The molecule has 0 aromatic heterocycles. The standard InChI is InChI=1S/C18H28O3S.C9H17NOS/c1-3-4-5-6-7-8-11-22(19)15(2)12-16-9-10-17-18(13-16)21-14-20-17;1-2-12-9(11)10-7-5-3-4-6-8-10/h9-10,13,15H,3-8,11-12,14H2,1-2H3;2-8H2,1H3. The van der Waals surface area contributed by atoms with Gasteiger partial charge in [0.1, 0.15) is 11.0 Å². The van der Waals surface area contributed by atoms with E-state index in [0.717, 1.165) is 48.9 Å². The topological polar surface area (TPSA) is 61.8 Å². The highest BCUT2D eigenvalue weighted by Crippen LogP contribution is 2.33. The minimum atomic E-state index is -0.743. The van der Waals surface area contributed by atoms with Gasteiger partial charge in [-0.3, -0.25) is 4.79 Å². The molecule has 2 aliphatic heterocycles. The molecule has 3 rings (SSSR count). The van der Waals surface area contributed by atoms with E-state index in [0.29, 0.717) is 6.79 Å². The van der Waals surface area contributed by atoms with E-state index in [1.807, 2.05) is 30.0 Å². The number of unbranched alkanes of at least 4 members (excludes halogenated alkanes) is 5. The molecule has 0 radical (unpaired) electrons. The van der Waals surface area contributed by atoms with Crippen LogP contribution in [-0.4, -0.2) is 51.3 Å². The molecule has 0 saturated carbocycles. The number of benzene rings is 1. The summed E-state index contributed by atoms with van der Waals surface area (Å²) in [4.78, 5) is 13.4. The van der Waals surface area contributed by atoms with E-state index < -0.39 is 11.2 Å². The summed E-state index contributed by atoms with van der Waals surface area (Å²) >= 11 is 0.691. The normalized spacial score (nSPS) is 16.9. The zero-order valence-corrected chi connectivity index (χ0v) is 23.2. The molecule has 2 heterocycles. The number of nitrogens with zero attached hydrogens (tertiary/aromatic N) is 1. The summed E-state index contributed by atoms with van der Waals surface area (Å²) in [5, 5.41) is 0.468. The van der Waals surface area contributed by atoms with Crippen molar-refractivity contribution in [3.8, 4) is 11.5 Å². The third-order valence-electron chi connectivity index (χ3n) is 6.24. The summed E-state index contributed by atoms with van der Waals surface area (Å²) in [5.74, 6) is 3.35. The molecule has 1 saturated heterocycles. The van der Waals surface area contributed by atoms with Crippen molar-refractivity contribution in [2.24, 2.45) is 0 Å². The van der Waals surface area contributed by atoms with Crippen molar-refractivity contribution in [1.82, 2.24) is 4.90 Å². The van der Waals surface area contributed by atoms with Gasteiger partial charge in [0.15, 0.2) is 11.5 Å². The number of hydrogen-bond acceptors (Lipinski definition) is 5. The predicted octanol–water partition coefficient (Wildman–Crippen LogP) is 7.19. The van der Waals surface area contributed by atoms with Crippen LogP contribution in [0.15, 0.2) is 18.2 Å².